The Morgan fingerprint density at radius 2 is 2.26 bits per heavy atom. The molecule has 1 saturated carbocycles. The number of nitrogens with zero attached hydrogens (tertiary/aromatic N) is 1. The number of hydrogen-bond acceptors (Lipinski definition) is 3. The standard InChI is InChI=1S/C15H22N2O2/c1-2-16-9-8-15(19)17(13-6-7-13)11-12-4-3-5-14(18)10-12/h3-5,10,13,16,18H,2,6-9,11H2,1H3. The third-order valence-corrected chi connectivity index (χ3v) is 3.34. The minimum atomic E-state index is 0.201. The van der Waals surface area contributed by atoms with Crippen molar-refractivity contribution >= 4 is 5.91 Å². The first-order chi connectivity index (χ1) is 9.20. The molecule has 0 bridgehead atoms. The van der Waals surface area contributed by atoms with E-state index in [0.717, 1.165) is 31.5 Å². The van der Waals surface area contributed by atoms with Crippen LogP contribution in [0.1, 0.15) is 31.7 Å². The molecule has 1 aliphatic carbocycles. The van der Waals surface area contributed by atoms with E-state index in [4.69, 9.17) is 0 Å². The van der Waals surface area contributed by atoms with Gasteiger partial charge in [0.25, 0.3) is 0 Å². The van der Waals surface area contributed by atoms with Crippen LogP contribution in [0.4, 0.5) is 0 Å². The number of carbonyl (C=O) groups is 1. The Kier molecular flexibility index (Phi) is 4.80. The average Bonchev–Trinajstić information content (AvgIpc) is 3.20. The van der Waals surface area contributed by atoms with Crippen molar-refractivity contribution in [2.45, 2.75) is 38.8 Å². The largest absolute Gasteiger partial charge is 0.508 e. The summed E-state index contributed by atoms with van der Waals surface area (Å²) in [6.45, 7) is 4.27. The van der Waals surface area contributed by atoms with E-state index in [-0.39, 0.29) is 11.7 Å². The number of amides is 1. The van der Waals surface area contributed by atoms with Crippen molar-refractivity contribution < 1.29 is 9.90 Å². The second-order valence-electron chi connectivity index (χ2n) is 5.03. The lowest BCUT2D eigenvalue weighted by Gasteiger charge is -2.22. The van der Waals surface area contributed by atoms with Gasteiger partial charge in [0.1, 0.15) is 5.75 Å². The summed E-state index contributed by atoms with van der Waals surface area (Å²) in [6, 6.07) is 7.55. The summed E-state index contributed by atoms with van der Waals surface area (Å²) in [4.78, 5) is 14.2. The Hall–Kier alpha value is -1.55. The maximum absolute atomic E-state index is 12.2. The quantitative estimate of drug-likeness (QED) is 0.738. The highest BCUT2D eigenvalue weighted by atomic mass is 16.3. The highest BCUT2D eigenvalue weighted by molar-refractivity contribution is 5.77. The monoisotopic (exact) mass is 262 g/mol. The van der Waals surface area contributed by atoms with Crippen LogP contribution in [0, 0.1) is 0 Å². The zero-order valence-corrected chi connectivity index (χ0v) is 11.4. The number of benzene rings is 1. The second kappa shape index (κ2) is 6.57. The Labute approximate surface area is 114 Å². The van der Waals surface area contributed by atoms with Crippen molar-refractivity contribution in [3.05, 3.63) is 29.8 Å². The zero-order chi connectivity index (χ0) is 13.7. The van der Waals surface area contributed by atoms with Gasteiger partial charge in [-0.15, -0.1) is 0 Å². The molecule has 0 saturated heterocycles. The first-order valence-corrected chi connectivity index (χ1v) is 6.98. The van der Waals surface area contributed by atoms with E-state index in [1.54, 1.807) is 12.1 Å². The Bertz CT molecular complexity index is 430. The molecule has 0 unspecified atom stereocenters. The number of hydrogen-bond donors (Lipinski definition) is 2. The molecule has 19 heavy (non-hydrogen) atoms. The van der Waals surface area contributed by atoms with Gasteiger partial charge >= 0.3 is 0 Å². The normalized spacial score (nSPS) is 14.4. The molecule has 1 aromatic carbocycles. The smallest absolute Gasteiger partial charge is 0.224 e. The van der Waals surface area contributed by atoms with Gasteiger partial charge in [0.15, 0.2) is 0 Å². The Balaban J connectivity index is 1.94. The molecular formula is C15H22N2O2. The first-order valence-electron chi connectivity index (χ1n) is 6.98. The number of nitrogens with one attached hydrogen (secondary N) is 1. The van der Waals surface area contributed by atoms with Gasteiger partial charge in [-0.1, -0.05) is 19.1 Å². The van der Waals surface area contributed by atoms with Gasteiger partial charge in [-0.25, -0.2) is 0 Å². The van der Waals surface area contributed by atoms with E-state index >= 15 is 0 Å². The van der Waals surface area contributed by atoms with Gasteiger partial charge in [-0.3, -0.25) is 4.79 Å². The van der Waals surface area contributed by atoms with Gasteiger partial charge in [0, 0.05) is 25.6 Å². The molecular weight excluding hydrogens is 240 g/mol. The molecule has 0 radical (unpaired) electrons. The lowest BCUT2D eigenvalue weighted by atomic mass is 10.2. The summed E-state index contributed by atoms with van der Waals surface area (Å²) in [5.41, 5.74) is 0.990. The molecule has 1 fully saturated rings. The van der Waals surface area contributed by atoms with E-state index in [9.17, 15) is 9.90 Å². The summed E-state index contributed by atoms with van der Waals surface area (Å²) < 4.78 is 0. The van der Waals surface area contributed by atoms with Gasteiger partial charge in [-0.05, 0) is 37.1 Å². The molecule has 1 aromatic rings. The predicted molar refractivity (Wildman–Crippen MR) is 74.8 cm³/mol. The molecule has 2 N–H and O–H groups in total. The molecule has 0 aromatic heterocycles. The van der Waals surface area contributed by atoms with Gasteiger partial charge in [0.05, 0.1) is 0 Å². The summed E-state index contributed by atoms with van der Waals surface area (Å²) in [6.07, 6.45) is 2.75. The third kappa shape index (κ3) is 4.24. The minimum absolute atomic E-state index is 0.201. The SMILES string of the molecule is CCNCCC(=O)N(Cc1cccc(O)c1)C1CC1. The van der Waals surface area contributed by atoms with Crippen LogP contribution in [0.25, 0.3) is 0 Å². The Morgan fingerprint density at radius 1 is 1.47 bits per heavy atom. The molecule has 104 valence electrons. The maximum atomic E-state index is 12.2. The van der Waals surface area contributed by atoms with Crippen LogP contribution in [0.15, 0.2) is 24.3 Å². The van der Waals surface area contributed by atoms with Crippen molar-refractivity contribution in [3.8, 4) is 5.75 Å². The van der Waals surface area contributed by atoms with E-state index < -0.39 is 0 Å². The van der Waals surface area contributed by atoms with E-state index in [1.165, 1.54) is 0 Å². The second-order valence-corrected chi connectivity index (χ2v) is 5.03. The number of phenolic OH excluding ortho intramolecular Hbond substituents is 1. The highest BCUT2D eigenvalue weighted by Gasteiger charge is 2.32. The van der Waals surface area contributed by atoms with Gasteiger partial charge < -0.3 is 15.3 Å². The summed E-state index contributed by atoms with van der Waals surface area (Å²) in [5, 5.41) is 12.7. The molecule has 2 rings (SSSR count). The van der Waals surface area contributed by atoms with Crippen molar-refractivity contribution in [2.75, 3.05) is 13.1 Å². The Morgan fingerprint density at radius 3 is 2.89 bits per heavy atom. The number of aromatic hydroxyl groups is 1. The third-order valence-electron chi connectivity index (χ3n) is 3.34. The fourth-order valence-corrected chi connectivity index (χ4v) is 2.17. The molecule has 4 heteroatoms. The maximum Gasteiger partial charge on any atom is 0.224 e. The van der Waals surface area contributed by atoms with Crippen molar-refractivity contribution in [2.24, 2.45) is 0 Å². The number of carbonyl (C=O) groups excluding carboxylic acids is 1. The van der Waals surface area contributed by atoms with Crippen LogP contribution in [-0.4, -0.2) is 35.0 Å². The fraction of sp³-hybridized carbons (Fsp3) is 0.533. The van der Waals surface area contributed by atoms with Crippen molar-refractivity contribution in [1.29, 1.82) is 0 Å². The topological polar surface area (TPSA) is 52.6 Å². The van der Waals surface area contributed by atoms with Crippen molar-refractivity contribution in [3.63, 3.8) is 0 Å². The number of rotatable bonds is 7. The van der Waals surface area contributed by atoms with E-state index in [0.29, 0.717) is 19.0 Å². The summed E-state index contributed by atoms with van der Waals surface area (Å²) in [7, 11) is 0. The van der Waals surface area contributed by atoms with Crippen LogP contribution in [0.3, 0.4) is 0 Å². The van der Waals surface area contributed by atoms with Crippen LogP contribution < -0.4 is 5.32 Å². The average molecular weight is 262 g/mol. The van der Waals surface area contributed by atoms with Gasteiger partial charge in [-0.2, -0.15) is 0 Å². The predicted octanol–water partition coefficient (Wildman–Crippen LogP) is 1.88. The molecule has 0 heterocycles. The van der Waals surface area contributed by atoms with Crippen LogP contribution in [-0.2, 0) is 11.3 Å². The highest BCUT2D eigenvalue weighted by Crippen LogP contribution is 2.29. The number of phenols is 1. The van der Waals surface area contributed by atoms with Crippen molar-refractivity contribution in [1.82, 2.24) is 10.2 Å². The lowest BCUT2D eigenvalue weighted by molar-refractivity contribution is -0.132. The first kappa shape index (κ1) is 13.9. The molecule has 0 aliphatic heterocycles. The minimum Gasteiger partial charge on any atom is -0.508 e. The molecule has 0 atom stereocenters. The van der Waals surface area contributed by atoms with Crippen LogP contribution in [0.5, 0.6) is 5.75 Å². The molecule has 1 amide bonds. The summed E-state index contributed by atoms with van der Waals surface area (Å²) >= 11 is 0. The van der Waals surface area contributed by atoms with E-state index in [1.807, 2.05) is 24.0 Å². The zero-order valence-electron chi connectivity index (χ0n) is 11.4. The fourth-order valence-electron chi connectivity index (χ4n) is 2.17. The molecule has 0 spiro atoms. The summed E-state index contributed by atoms with van der Waals surface area (Å²) in [5.74, 6) is 0.458. The molecule has 4 nitrogen and oxygen atoms in total. The van der Waals surface area contributed by atoms with Crippen LogP contribution >= 0.6 is 0 Å². The van der Waals surface area contributed by atoms with Gasteiger partial charge in [0.2, 0.25) is 5.91 Å². The lowest BCUT2D eigenvalue weighted by Crippen LogP contribution is -2.34. The van der Waals surface area contributed by atoms with E-state index in [2.05, 4.69) is 5.32 Å². The van der Waals surface area contributed by atoms with Crippen LogP contribution in [0.2, 0.25) is 0 Å². The molecule has 1 aliphatic rings.